The van der Waals surface area contributed by atoms with Gasteiger partial charge in [-0.05, 0) is 6.07 Å². The van der Waals surface area contributed by atoms with Crippen molar-refractivity contribution < 1.29 is 59.7 Å². The van der Waals surface area contributed by atoms with Gasteiger partial charge in [0.15, 0.2) is 24.6 Å². The fourth-order valence-electron chi connectivity index (χ4n) is 2.78. The Balaban J connectivity index is 0.00000392. The molecule has 1 aliphatic rings. The van der Waals surface area contributed by atoms with Crippen molar-refractivity contribution in [3.8, 4) is 0 Å². The summed E-state index contributed by atoms with van der Waals surface area (Å²) in [5.41, 5.74) is 5.49. The molecule has 1 amide bonds. The zero-order chi connectivity index (χ0) is 20.1. The smallest absolute Gasteiger partial charge is 0.304 e. The molecule has 1 aliphatic heterocycles. The molecule has 0 spiro atoms. The van der Waals surface area contributed by atoms with E-state index >= 15 is 0 Å². The predicted molar refractivity (Wildman–Crippen MR) is 86.8 cm³/mol. The first-order valence-corrected chi connectivity index (χ1v) is 8.13. The Kier molecular flexibility index (Phi) is 8.51. The third-order valence-corrected chi connectivity index (χ3v) is 3.72. The van der Waals surface area contributed by atoms with Gasteiger partial charge in [-0.1, -0.05) is 0 Å². The molecule has 2 rings (SSSR count). The number of amides is 1. The van der Waals surface area contributed by atoms with Crippen molar-refractivity contribution >= 4 is 23.8 Å². The van der Waals surface area contributed by atoms with Crippen LogP contribution in [0.2, 0.25) is 0 Å². The summed E-state index contributed by atoms with van der Waals surface area (Å²) in [6, 6.07) is 3.07. The minimum absolute atomic E-state index is 0. The minimum atomic E-state index is -1.13. The number of halogens is 1. The molecule has 28 heavy (non-hydrogen) atoms. The lowest BCUT2D eigenvalue weighted by molar-refractivity contribution is -0.774. The van der Waals surface area contributed by atoms with Gasteiger partial charge in [0.1, 0.15) is 5.56 Å². The second-order valence-corrected chi connectivity index (χ2v) is 5.92. The van der Waals surface area contributed by atoms with E-state index in [9.17, 15) is 19.2 Å². The molecule has 0 unspecified atom stereocenters. The van der Waals surface area contributed by atoms with E-state index in [1.807, 2.05) is 0 Å². The second kappa shape index (κ2) is 10.1. The maximum atomic E-state index is 11.6. The van der Waals surface area contributed by atoms with Crippen LogP contribution in [-0.4, -0.2) is 48.7 Å². The minimum Gasteiger partial charge on any atom is -1.00 e. The van der Waals surface area contributed by atoms with Crippen LogP contribution in [0.1, 0.15) is 37.4 Å². The highest BCUT2D eigenvalue weighted by molar-refractivity contribution is 5.92. The molecule has 0 bridgehead atoms. The maximum Gasteiger partial charge on any atom is 0.304 e. The molecule has 2 N–H and O–H groups in total. The maximum absolute atomic E-state index is 11.6. The summed E-state index contributed by atoms with van der Waals surface area (Å²) < 4.78 is 22.9. The van der Waals surface area contributed by atoms with Crippen LogP contribution >= 0.6 is 0 Å². The molecule has 0 saturated carbocycles. The van der Waals surface area contributed by atoms with Gasteiger partial charge in [0.05, 0.1) is 6.61 Å². The van der Waals surface area contributed by atoms with Crippen LogP contribution < -0.4 is 27.3 Å². The number of rotatable bonds is 5. The molecule has 1 fully saturated rings. The van der Waals surface area contributed by atoms with Crippen LogP contribution in [0.5, 0.6) is 0 Å². The van der Waals surface area contributed by atoms with Gasteiger partial charge in [-0.25, -0.2) is 0 Å². The van der Waals surface area contributed by atoms with Crippen LogP contribution in [0.4, 0.5) is 0 Å². The van der Waals surface area contributed by atoms with E-state index in [1.54, 1.807) is 12.3 Å². The van der Waals surface area contributed by atoms with Crippen LogP contribution in [0.25, 0.3) is 0 Å². The summed E-state index contributed by atoms with van der Waals surface area (Å²) in [6.45, 7) is 3.44. The van der Waals surface area contributed by atoms with Crippen molar-refractivity contribution in [2.24, 2.45) is 5.73 Å². The van der Waals surface area contributed by atoms with Crippen LogP contribution in [0.3, 0.4) is 0 Å². The number of primary amides is 1. The molecular formula is C17H21BrN2O8. The third-order valence-electron chi connectivity index (χ3n) is 3.72. The first kappa shape index (κ1) is 23.5. The zero-order valence-electron chi connectivity index (χ0n) is 15.5. The molecule has 4 atom stereocenters. The van der Waals surface area contributed by atoms with Crippen LogP contribution in [-0.2, 0) is 33.3 Å². The van der Waals surface area contributed by atoms with Crippen LogP contribution in [0, 0.1) is 0 Å². The lowest BCUT2D eigenvalue weighted by atomic mass is 10.0. The molecule has 0 aromatic carbocycles. The number of esters is 3. The van der Waals surface area contributed by atoms with E-state index in [0.29, 0.717) is 0 Å². The molecular weight excluding hydrogens is 440 g/mol. The first-order chi connectivity index (χ1) is 12.7. The van der Waals surface area contributed by atoms with Gasteiger partial charge in [0.2, 0.25) is 6.10 Å². The van der Waals surface area contributed by atoms with Gasteiger partial charge in [0, 0.05) is 26.8 Å². The Morgan fingerprint density at radius 1 is 1.04 bits per heavy atom. The fraction of sp³-hybridized carbons (Fsp3) is 0.471. The van der Waals surface area contributed by atoms with E-state index in [2.05, 4.69) is 0 Å². The van der Waals surface area contributed by atoms with E-state index in [1.165, 1.54) is 37.6 Å². The number of pyridine rings is 1. The molecule has 2 heterocycles. The van der Waals surface area contributed by atoms with Crippen molar-refractivity contribution in [1.82, 2.24) is 0 Å². The average Bonchev–Trinajstić information content (AvgIpc) is 2.56. The fourth-order valence-corrected chi connectivity index (χ4v) is 2.78. The lowest BCUT2D eigenvalue weighted by Gasteiger charge is -2.37. The molecule has 10 nitrogen and oxygen atoms in total. The molecule has 1 saturated heterocycles. The normalized spacial score (nSPS) is 23.7. The number of carbonyl (C=O) groups is 4. The average molecular weight is 461 g/mol. The van der Waals surface area contributed by atoms with E-state index in [-0.39, 0.29) is 29.2 Å². The Hall–Kier alpha value is -2.53. The molecule has 1 aromatic rings. The summed E-state index contributed by atoms with van der Waals surface area (Å²) in [4.78, 5) is 46.0. The summed E-state index contributed by atoms with van der Waals surface area (Å²) in [5, 5.41) is 0. The van der Waals surface area contributed by atoms with E-state index < -0.39 is 48.4 Å². The molecule has 0 aliphatic carbocycles. The van der Waals surface area contributed by atoms with Crippen molar-refractivity contribution in [2.75, 3.05) is 6.61 Å². The second-order valence-electron chi connectivity index (χ2n) is 5.92. The largest absolute Gasteiger partial charge is 1.00 e. The monoisotopic (exact) mass is 460 g/mol. The predicted octanol–water partition coefficient (Wildman–Crippen LogP) is -3.60. The molecule has 0 radical (unpaired) electrons. The lowest BCUT2D eigenvalue weighted by Crippen LogP contribution is -3.00. The Morgan fingerprint density at radius 3 is 2.14 bits per heavy atom. The highest BCUT2D eigenvalue weighted by Crippen LogP contribution is 2.27. The standard InChI is InChI=1S/C17H20N2O8.BrH/c1-9(20)25-13-8-24-17(19-6-4-5-12(7-19)16(18)23)15(27-11(3)22)14(13)26-10(2)21;/h4-7,13-15,17H,8H2,1-3H3,(H-,18,23);1H/t13-,14+,15-,17-;/m1./s1. The summed E-state index contributed by atoms with van der Waals surface area (Å²) in [7, 11) is 0. The summed E-state index contributed by atoms with van der Waals surface area (Å²) in [5.74, 6) is -2.56. The Bertz CT molecular complexity index is 756. The quantitative estimate of drug-likeness (QED) is 0.270. The molecule has 154 valence electrons. The van der Waals surface area contributed by atoms with E-state index in [0.717, 1.165) is 0 Å². The highest BCUT2D eigenvalue weighted by Gasteiger charge is 2.51. The van der Waals surface area contributed by atoms with Crippen molar-refractivity contribution in [3.63, 3.8) is 0 Å². The third kappa shape index (κ3) is 5.99. The molecule has 11 heteroatoms. The SMILES string of the molecule is CC(=O)O[C@@H]1[C@@H](OC(C)=O)[C@H](OC(C)=O)CO[C@H]1[n+]1cccc(C(N)=O)c1.[Br-]. The summed E-state index contributed by atoms with van der Waals surface area (Å²) in [6.07, 6.45) is -1.14. The Labute approximate surface area is 171 Å². The number of carbonyl (C=O) groups excluding carboxylic acids is 4. The number of nitrogens with two attached hydrogens (primary N) is 1. The highest BCUT2D eigenvalue weighted by atomic mass is 79.9. The van der Waals surface area contributed by atoms with Gasteiger partial charge >= 0.3 is 24.1 Å². The number of ether oxygens (including phenoxy) is 4. The topological polar surface area (TPSA) is 135 Å². The molecule has 1 aromatic heterocycles. The zero-order valence-corrected chi connectivity index (χ0v) is 17.1. The number of hydrogen-bond donors (Lipinski definition) is 1. The summed E-state index contributed by atoms with van der Waals surface area (Å²) >= 11 is 0. The van der Waals surface area contributed by atoms with Crippen molar-refractivity contribution in [2.45, 2.75) is 45.3 Å². The number of aromatic nitrogens is 1. The Morgan fingerprint density at radius 2 is 1.61 bits per heavy atom. The van der Waals surface area contributed by atoms with Crippen molar-refractivity contribution in [1.29, 1.82) is 0 Å². The van der Waals surface area contributed by atoms with Gasteiger partial charge < -0.3 is 41.7 Å². The van der Waals surface area contributed by atoms with Crippen LogP contribution in [0.15, 0.2) is 24.5 Å². The first-order valence-electron chi connectivity index (χ1n) is 8.13. The number of hydrogen-bond acceptors (Lipinski definition) is 8. The van der Waals surface area contributed by atoms with E-state index in [4.69, 9.17) is 24.7 Å². The van der Waals surface area contributed by atoms with Gasteiger partial charge in [0.25, 0.3) is 5.91 Å². The van der Waals surface area contributed by atoms with Crippen molar-refractivity contribution in [3.05, 3.63) is 30.1 Å². The van der Waals surface area contributed by atoms with Gasteiger partial charge in [-0.15, -0.1) is 0 Å². The number of nitrogens with zero attached hydrogens (tertiary/aromatic N) is 1. The van der Waals surface area contributed by atoms with Gasteiger partial charge in [-0.2, -0.15) is 4.57 Å². The van der Waals surface area contributed by atoms with Gasteiger partial charge in [-0.3, -0.25) is 19.2 Å².